The molecule has 5 rings (SSSR count). The molecule has 23 heavy (non-hydrogen) atoms. The third-order valence-corrected chi connectivity index (χ3v) is 5.00. The lowest BCUT2D eigenvalue weighted by Gasteiger charge is -2.29. The number of rotatable bonds is 2. The van der Waals surface area contributed by atoms with Crippen LogP contribution < -0.4 is 0 Å². The highest BCUT2D eigenvalue weighted by molar-refractivity contribution is 5.73. The molecule has 0 unspecified atom stereocenters. The number of nitrogens with zero attached hydrogens (tertiary/aromatic N) is 4. The number of fused-ring (bicyclic) bond motifs is 2. The summed E-state index contributed by atoms with van der Waals surface area (Å²) in [4.78, 5) is 2.47. The molecule has 0 saturated carbocycles. The van der Waals surface area contributed by atoms with Gasteiger partial charge in [0.25, 0.3) is 0 Å². The Hall–Kier alpha value is -2.24. The van der Waals surface area contributed by atoms with E-state index < -0.39 is 0 Å². The normalized spacial score (nSPS) is 27.6. The van der Waals surface area contributed by atoms with Crippen LogP contribution in [-0.4, -0.2) is 32.7 Å². The molecule has 2 aliphatic rings. The monoisotopic (exact) mass is 306 g/mol. The van der Waals surface area contributed by atoms with Crippen molar-refractivity contribution in [2.45, 2.75) is 31.3 Å². The zero-order valence-electron chi connectivity index (χ0n) is 12.7. The number of ether oxygens (including phenoxy) is 1. The second-order valence-corrected chi connectivity index (χ2v) is 6.24. The second-order valence-electron chi connectivity index (χ2n) is 6.24. The Morgan fingerprint density at radius 1 is 0.957 bits per heavy atom. The van der Waals surface area contributed by atoms with Gasteiger partial charge in [-0.3, -0.25) is 0 Å². The first-order valence-corrected chi connectivity index (χ1v) is 8.16. The SMILES string of the molecule is c1ccc([C@@H]2CO[C@@H]3CC[C@@H](n4nnc5ccccc54)N32)cc1. The van der Waals surface area contributed by atoms with Gasteiger partial charge in [-0.1, -0.05) is 47.7 Å². The molecule has 0 radical (unpaired) electrons. The maximum atomic E-state index is 6.05. The second kappa shape index (κ2) is 5.15. The molecule has 3 heterocycles. The highest BCUT2D eigenvalue weighted by Gasteiger charge is 2.45. The van der Waals surface area contributed by atoms with E-state index in [1.165, 1.54) is 5.56 Å². The summed E-state index contributed by atoms with van der Waals surface area (Å²) >= 11 is 0. The summed E-state index contributed by atoms with van der Waals surface area (Å²) in [5, 5.41) is 8.76. The number of para-hydroxylation sites is 1. The third-order valence-electron chi connectivity index (χ3n) is 5.00. The molecule has 3 aromatic rings. The largest absolute Gasteiger partial charge is 0.361 e. The Morgan fingerprint density at radius 2 is 1.78 bits per heavy atom. The van der Waals surface area contributed by atoms with Crippen LogP contribution in [0, 0.1) is 0 Å². The molecule has 5 heteroatoms. The van der Waals surface area contributed by atoms with Crippen LogP contribution in [0.2, 0.25) is 0 Å². The summed E-state index contributed by atoms with van der Waals surface area (Å²) in [6.45, 7) is 0.748. The minimum Gasteiger partial charge on any atom is -0.361 e. The fraction of sp³-hybridized carbons (Fsp3) is 0.333. The molecule has 116 valence electrons. The van der Waals surface area contributed by atoms with Crippen molar-refractivity contribution in [3.8, 4) is 0 Å². The maximum absolute atomic E-state index is 6.05. The van der Waals surface area contributed by atoms with Crippen LogP contribution in [0.5, 0.6) is 0 Å². The van der Waals surface area contributed by atoms with Gasteiger partial charge >= 0.3 is 0 Å². The van der Waals surface area contributed by atoms with E-state index in [9.17, 15) is 0 Å². The summed E-state index contributed by atoms with van der Waals surface area (Å²) in [5.41, 5.74) is 3.36. The zero-order valence-corrected chi connectivity index (χ0v) is 12.7. The molecule has 0 N–H and O–H groups in total. The van der Waals surface area contributed by atoms with Crippen LogP contribution in [0.3, 0.4) is 0 Å². The zero-order chi connectivity index (χ0) is 15.2. The molecule has 2 fully saturated rings. The van der Waals surface area contributed by atoms with Crippen LogP contribution in [0.4, 0.5) is 0 Å². The molecular weight excluding hydrogens is 288 g/mol. The third kappa shape index (κ3) is 2.00. The first-order chi connectivity index (χ1) is 11.4. The fourth-order valence-corrected chi connectivity index (χ4v) is 3.95. The fourth-order valence-electron chi connectivity index (χ4n) is 3.95. The van der Waals surface area contributed by atoms with E-state index in [-0.39, 0.29) is 18.4 Å². The summed E-state index contributed by atoms with van der Waals surface area (Å²) in [6.07, 6.45) is 2.48. The van der Waals surface area contributed by atoms with Gasteiger partial charge in [-0.15, -0.1) is 5.10 Å². The van der Waals surface area contributed by atoms with Crippen LogP contribution in [-0.2, 0) is 4.74 Å². The minimum atomic E-state index is 0.188. The lowest BCUT2D eigenvalue weighted by atomic mass is 10.1. The lowest BCUT2D eigenvalue weighted by molar-refractivity contribution is 0.0307. The average Bonchev–Trinajstić information content (AvgIpc) is 3.30. The van der Waals surface area contributed by atoms with Gasteiger partial charge in [0.2, 0.25) is 0 Å². The van der Waals surface area contributed by atoms with E-state index in [0.29, 0.717) is 0 Å². The first kappa shape index (κ1) is 13.2. The summed E-state index contributed by atoms with van der Waals surface area (Å²) in [6, 6.07) is 19.1. The Bertz CT molecular complexity index is 831. The van der Waals surface area contributed by atoms with Gasteiger partial charge in [0, 0.05) is 0 Å². The van der Waals surface area contributed by atoms with E-state index >= 15 is 0 Å². The summed E-state index contributed by atoms with van der Waals surface area (Å²) in [5.74, 6) is 0. The quantitative estimate of drug-likeness (QED) is 0.729. The number of hydrogen-bond acceptors (Lipinski definition) is 4. The highest BCUT2D eigenvalue weighted by Crippen LogP contribution is 2.44. The van der Waals surface area contributed by atoms with E-state index in [1.807, 2.05) is 18.2 Å². The van der Waals surface area contributed by atoms with Gasteiger partial charge in [0.15, 0.2) is 0 Å². The van der Waals surface area contributed by atoms with Crippen LogP contribution in [0.1, 0.15) is 30.6 Å². The van der Waals surface area contributed by atoms with E-state index in [1.54, 1.807) is 0 Å². The van der Waals surface area contributed by atoms with Crippen LogP contribution >= 0.6 is 0 Å². The number of hydrogen-bond donors (Lipinski definition) is 0. The highest BCUT2D eigenvalue weighted by atomic mass is 16.5. The van der Waals surface area contributed by atoms with E-state index in [4.69, 9.17) is 4.74 Å². The smallest absolute Gasteiger partial charge is 0.113 e. The molecule has 2 saturated heterocycles. The topological polar surface area (TPSA) is 43.2 Å². The van der Waals surface area contributed by atoms with E-state index in [2.05, 4.69) is 56.3 Å². The maximum Gasteiger partial charge on any atom is 0.113 e. The standard InChI is InChI=1S/C18H18N4O/c1-2-6-13(7-3-1)16-12-23-18-11-10-17(21(16)18)22-15-9-5-4-8-14(15)19-20-22/h1-9,16-18H,10-12H2/t16-,17+,18+/m0/s1. The van der Waals surface area contributed by atoms with Crippen LogP contribution in [0.15, 0.2) is 54.6 Å². The van der Waals surface area contributed by atoms with Crippen molar-refractivity contribution in [2.24, 2.45) is 0 Å². The van der Waals surface area contributed by atoms with Gasteiger partial charge in [-0.25, -0.2) is 9.58 Å². The van der Waals surface area contributed by atoms with Gasteiger partial charge in [-0.2, -0.15) is 0 Å². The Kier molecular flexibility index (Phi) is 2.96. The molecule has 5 nitrogen and oxygen atoms in total. The molecule has 0 bridgehead atoms. The Labute approximate surface area is 134 Å². The Morgan fingerprint density at radius 3 is 2.70 bits per heavy atom. The van der Waals surface area contributed by atoms with Crippen LogP contribution in [0.25, 0.3) is 11.0 Å². The van der Waals surface area contributed by atoms with Crippen molar-refractivity contribution >= 4 is 11.0 Å². The van der Waals surface area contributed by atoms with Crippen molar-refractivity contribution in [2.75, 3.05) is 6.61 Å². The molecule has 0 amide bonds. The molecule has 2 aromatic carbocycles. The Balaban J connectivity index is 1.56. The number of benzene rings is 2. The molecular formula is C18H18N4O. The minimum absolute atomic E-state index is 0.188. The van der Waals surface area contributed by atoms with Crippen molar-refractivity contribution in [1.82, 2.24) is 19.9 Å². The van der Waals surface area contributed by atoms with Gasteiger partial charge < -0.3 is 4.74 Å². The van der Waals surface area contributed by atoms with Crippen molar-refractivity contribution in [3.63, 3.8) is 0 Å². The molecule has 3 atom stereocenters. The summed E-state index contributed by atoms with van der Waals surface area (Å²) < 4.78 is 8.12. The predicted molar refractivity (Wildman–Crippen MR) is 86.6 cm³/mol. The molecule has 2 aliphatic heterocycles. The molecule has 0 aliphatic carbocycles. The average molecular weight is 306 g/mol. The molecule has 0 spiro atoms. The predicted octanol–water partition coefficient (Wildman–Crippen LogP) is 3.12. The van der Waals surface area contributed by atoms with Gasteiger partial charge in [0.05, 0.1) is 18.2 Å². The lowest BCUT2D eigenvalue weighted by Crippen LogP contribution is -2.33. The van der Waals surface area contributed by atoms with Gasteiger partial charge in [0.1, 0.15) is 17.9 Å². The van der Waals surface area contributed by atoms with Crippen molar-refractivity contribution in [3.05, 3.63) is 60.2 Å². The van der Waals surface area contributed by atoms with Crippen molar-refractivity contribution in [1.29, 1.82) is 0 Å². The first-order valence-electron chi connectivity index (χ1n) is 8.16. The van der Waals surface area contributed by atoms with E-state index in [0.717, 1.165) is 30.5 Å². The van der Waals surface area contributed by atoms with Gasteiger partial charge in [-0.05, 0) is 30.5 Å². The molecule has 1 aromatic heterocycles. The summed E-state index contributed by atoms with van der Waals surface area (Å²) in [7, 11) is 0. The van der Waals surface area contributed by atoms with Crippen molar-refractivity contribution < 1.29 is 4.74 Å². The number of aromatic nitrogens is 3.